The third kappa shape index (κ3) is 4.71. The first-order valence-electron chi connectivity index (χ1n) is 14.2. The number of carbonyl (C=O) groups excluding carboxylic acids is 1. The Labute approximate surface area is 228 Å². The Morgan fingerprint density at radius 3 is 2.77 bits per heavy atom. The van der Waals surface area contributed by atoms with Gasteiger partial charge in [0.25, 0.3) is 5.92 Å². The fourth-order valence-electron chi connectivity index (χ4n) is 8.14. The SMILES string of the molecule is C[C@]12CCC3c4ccc(B(O)O)cc4CCC3C1[C@@H](CCCC(=O)NCc1ccc3c(c1)OCO3)CC2(F)F. The van der Waals surface area contributed by atoms with E-state index >= 15 is 8.78 Å². The first-order valence-corrected chi connectivity index (χ1v) is 14.2. The van der Waals surface area contributed by atoms with E-state index in [1.807, 2.05) is 30.3 Å². The fourth-order valence-corrected chi connectivity index (χ4v) is 8.14. The lowest BCUT2D eigenvalue weighted by Gasteiger charge is -2.51. The lowest BCUT2D eigenvalue weighted by atomic mass is 9.53. The summed E-state index contributed by atoms with van der Waals surface area (Å²) in [4.78, 5) is 12.6. The fraction of sp³-hybridized carbons (Fsp3) is 0.567. The van der Waals surface area contributed by atoms with E-state index in [4.69, 9.17) is 9.47 Å². The average Bonchev–Trinajstić information content (AvgIpc) is 3.46. The summed E-state index contributed by atoms with van der Waals surface area (Å²) in [5, 5.41) is 22.1. The van der Waals surface area contributed by atoms with Crippen LogP contribution in [0, 0.1) is 23.2 Å². The predicted molar refractivity (Wildman–Crippen MR) is 143 cm³/mol. The number of carbonyl (C=O) groups is 1. The van der Waals surface area contributed by atoms with Crippen LogP contribution in [0.1, 0.15) is 74.5 Å². The van der Waals surface area contributed by atoms with Gasteiger partial charge in [0.1, 0.15) is 0 Å². The van der Waals surface area contributed by atoms with Crippen LogP contribution in [0.3, 0.4) is 0 Å². The Hall–Kier alpha value is -2.65. The normalized spacial score (nSPS) is 29.8. The van der Waals surface area contributed by atoms with Gasteiger partial charge in [0.05, 0.1) is 0 Å². The van der Waals surface area contributed by atoms with E-state index in [-0.39, 0.29) is 42.8 Å². The largest absolute Gasteiger partial charge is 0.488 e. The standard InChI is InChI=1S/C30H36BF2NO5/c1-29-12-11-23-22-9-7-21(31(36)37)14-19(22)6-8-24(23)28(29)20(15-30(29,32)33)3-2-4-27(35)34-16-18-5-10-25-26(13-18)39-17-38-25/h5,7,9-10,13-14,20,23-24,28,36-37H,2-4,6,8,11-12,15-17H2,1H3,(H,34,35)/t20-,23?,24?,28?,29-/m0/s1. The van der Waals surface area contributed by atoms with E-state index in [1.54, 1.807) is 13.0 Å². The first-order chi connectivity index (χ1) is 18.7. The van der Waals surface area contributed by atoms with Crippen molar-refractivity contribution < 1.29 is 33.1 Å². The third-order valence-electron chi connectivity index (χ3n) is 10.1. The lowest BCUT2D eigenvalue weighted by Crippen LogP contribution is -2.47. The maximum atomic E-state index is 15.5. The van der Waals surface area contributed by atoms with Gasteiger partial charge in [0, 0.05) is 24.8 Å². The first kappa shape index (κ1) is 26.6. The molecule has 2 fully saturated rings. The highest BCUT2D eigenvalue weighted by Crippen LogP contribution is 2.68. The van der Waals surface area contributed by atoms with Crippen molar-refractivity contribution >= 4 is 18.5 Å². The quantitative estimate of drug-likeness (QED) is 0.457. The number of benzene rings is 2. The summed E-state index contributed by atoms with van der Waals surface area (Å²) in [7, 11) is -1.50. The van der Waals surface area contributed by atoms with Crippen molar-refractivity contribution in [3.05, 3.63) is 53.1 Å². The van der Waals surface area contributed by atoms with Crippen LogP contribution in [0.15, 0.2) is 36.4 Å². The second-order valence-corrected chi connectivity index (χ2v) is 12.1. The molecule has 5 atom stereocenters. The highest BCUT2D eigenvalue weighted by molar-refractivity contribution is 6.58. The molecule has 6 rings (SSSR count). The van der Waals surface area contributed by atoms with Gasteiger partial charge in [-0.3, -0.25) is 4.79 Å². The summed E-state index contributed by atoms with van der Waals surface area (Å²) in [6.07, 6.45) is 4.26. The molecule has 2 aromatic rings. The van der Waals surface area contributed by atoms with Gasteiger partial charge in [0.15, 0.2) is 11.5 Å². The van der Waals surface area contributed by atoms with Crippen molar-refractivity contribution in [3.8, 4) is 11.5 Å². The molecule has 3 unspecified atom stereocenters. The molecular formula is C30H36BF2NO5. The molecule has 0 radical (unpaired) electrons. The smallest absolute Gasteiger partial charge is 0.454 e. The maximum absolute atomic E-state index is 15.5. The molecule has 208 valence electrons. The highest BCUT2D eigenvalue weighted by atomic mass is 19.3. The monoisotopic (exact) mass is 539 g/mol. The van der Waals surface area contributed by atoms with Gasteiger partial charge >= 0.3 is 7.12 Å². The van der Waals surface area contributed by atoms with Crippen LogP contribution in [0.25, 0.3) is 0 Å². The van der Waals surface area contributed by atoms with Gasteiger partial charge in [-0.15, -0.1) is 0 Å². The zero-order valence-electron chi connectivity index (χ0n) is 22.3. The van der Waals surface area contributed by atoms with Gasteiger partial charge in [-0.2, -0.15) is 0 Å². The van der Waals surface area contributed by atoms with Gasteiger partial charge in [-0.1, -0.05) is 31.2 Å². The molecule has 1 aliphatic heterocycles. The number of aryl methyl sites for hydroxylation is 1. The van der Waals surface area contributed by atoms with E-state index in [0.29, 0.717) is 49.2 Å². The number of hydrogen-bond donors (Lipinski definition) is 3. The minimum absolute atomic E-state index is 0.0739. The van der Waals surface area contributed by atoms with Crippen LogP contribution >= 0.6 is 0 Å². The molecule has 0 saturated heterocycles. The van der Waals surface area contributed by atoms with Crippen LogP contribution in [0.4, 0.5) is 8.78 Å². The Morgan fingerprint density at radius 1 is 1.13 bits per heavy atom. The van der Waals surface area contributed by atoms with E-state index in [9.17, 15) is 14.8 Å². The zero-order chi connectivity index (χ0) is 27.4. The van der Waals surface area contributed by atoms with Crippen molar-refractivity contribution in [2.24, 2.45) is 23.2 Å². The number of halogens is 2. The van der Waals surface area contributed by atoms with Gasteiger partial charge in [-0.05, 0) is 96.5 Å². The van der Waals surface area contributed by atoms with Crippen molar-refractivity contribution in [3.63, 3.8) is 0 Å². The molecule has 2 aromatic carbocycles. The molecule has 1 amide bonds. The average molecular weight is 539 g/mol. The molecule has 0 spiro atoms. The summed E-state index contributed by atoms with van der Waals surface area (Å²) >= 11 is 0. The number of fused-ring (bicyclic) bond motifs is 6. The van der Waals surface area contributed by atoms with Crippen molar-refractivity contribution in [2.75, 3.05) is 6.79 Å². The summed E-state index contributed by atoms with van der Waals surface area (Å²) in [6.45, 7) is 2.39. The third-order valence-corrected chi connectivity index (χ3v) is 10.1. The van der Waals surface area contributed by atoms with E-state index in [0.717, 1.165) is 30.4 Å². The zero-order valence-corrected chi connectivity index (χ0v) is 22.3. The molecule has 4 aliphatic rings. The molecule has 6 nitrogen and oxygen atoms in total. The van der Waals surface area contributed by atoms with Crippen LogP contribution in [-0.4, -0.2) is 35.8 Å². The Morgan fingerprint density at radius 2 is 1.95 bits per heavy atom. The molecule has 3 aliphatic carbocycles. The molecule has 39 heavy (non-hydrogen) atoms. The number of ether oxygens (including phenoxy) is 2. The number of amides is 1. The molecule has 9 heteroatoms. The summed E-state index contributed by atoms with van der Waals surface area (Å²) in [5.41, 5.74) is 2.69. The van der Waals surface area contributed by atoms with Crippen LogP contribution < -0.4 is 20.3 Å². The molecule has 0 aromatic heterocycles. The van der Waals surface area contributed by atoms with E-state index in [1.165, 1.54) is 5.56 Å². The Balaban J connectivity index is 1.10. The summed E-state index contributed by atoms with van der Waals surface area (Å²) in [5.74, 6) is -1.20. The van der Waals surface area contributed by atoms with Crippen molar-refractivity contribution in [1.29, 1.82) is 0 Å². The minimum Gasteiger partial charge on any atom is -0.454 e. The summed E-state index contributed by atoms with van der Waals surface area (Å²) in [6, 6.07) is 11.2. The molecular weight excluding hydrogens is 503 g/mol. The highest BCUT2D eigenvalue weighted by Gasteiger charge is 2.67. The number of rotatable bonds is 7. The number of nitrogens with one attached hydrogen (secondary N) is 1. The molecule has 2 saturated carbocycles. The second-order valence-electron chi connectivity index (χ2n) is 12.1. The number of alkyl halides is 2. The Bertz CT molecular complexity index is 1260. The maximum Gasteiger partial charge on any atom is 0.488 e. The van der Waals surface area contributed by atoms with Gasteiger partial charge < -0.3 is 24.8 Å². The van der Waals surface area contributed by atoms with Crippen molar-refractivity contribution in [1.82, 2.24) is 5.32 Å². The van der Waals surface area contributed by atoms with Crippen LogP contribution in [-0.2, 0) is 17.8 Å². The van der Waals surface area contributed by atoms with Crippen LogP contribution in [0.5, 0.6) is 11.5 Å². The van der Waals surface area contributed by atoms with E-state index in [2.05, 4.69) is 5.32 Å². The molecule has 0 bridgehead atoms. The van der Waals surface area contributed by atoms with Gasteiger partial charge in [0.2, 0.25) is 12.7 Å². The predicted octanol–water partition coefficient (Wildman–Crippen LogP) is 4.30. The van der Waals surface area contributed by atoms with Crippen molar-refractivity contribution in [2.45, 2.75) is 76.7 Å². The topological polar surface area (TPSA) is 88.0 Å². The lowest BCUT2D eigenvalue weighted by molar-refractivity contribution is -0.133. The Kier molecular flexibility index (Phi) is 6.86. The molecule has 1 heterocycles. The summed E-state index contributed by atoms with van der Waals surface area (Å²) < 4.78 is 41.8. The second kappa shape index (κ2) is 10.1. The van der Waals surface area contributed by atoms with Gasteiger partial charge in [-0.25, -0.2) is 8.78 Å². The minimum atomic E-state index is -2.71. The van der Waals surface area contributed by atoms with Crippen LogP contribution in [0.2, 0.25) is 0 Å². The van der Waals surface area contributed by atoms with E-state index < -0.39 is 18.5 Å². The molecule has 3 N–H and O–H groups in total. The number of hydrogen-bond acceptors (Lipinski definition) is 5.